The van der Waals surface area contributed by atoms with Crippen LogP contribution in [0.25, 0.3) is 0 Å². The average molecular weight is 312 g/mol. The molecule has 1 atom stereocenters. The number of ether oxygens (including phenoxy) is 1. The van der Waals surface area contributed by atoms with Crippen molar-refractivity contribution in [3.63, 3.8) is 0 Å². The van der Waals surface area contributed by atoms with Gasteiger partial charge in [-0.3, -0.25) is 4.79 Å². The van der Waals surface area contributed by atoms with Gasteiger partial charge in [0.2, 0.25) is 0 Å². The number of hydrogen-bond acceptors (Lipinski definition) is 2. The summed E-state index contributed by atoms with van der Waals surface area (Å²) >= 11 is 0. The van der Waals surface area contributed by atoms with Crippen molar-refractivity contribution in [1.82, 2.24) is 0 Å². The highest BCUT2D eigenvalue weighted by molar-refractivity contribution is 5.69. The Hall–Kier alpha value is -2.01. The minimum atomic E-state index is -0.326. The van der Waals surface area contributed by atoms with E-state index in [1.165, 1.54) is 5.56 Å². The Morgan fingerprint density at radius 3 is 2.52 bits per heavy atom. The van der Waals surface area contributed by atoms with Gasteiger partial charge in [0.05, 0.1) is 0 Å². The minimum Gasteiger partial charge on any atom is -0.449 e. The highest BCUT2D eigenvalue weighted by Crippen LogP contribution is 2.11. The maximum atomic E-state index is 12.0. The second kappa shape index (κ2) is 10.7. The molecule has 1 aromatic rings. The summed E-state index contributed by atoms with van der Waals surface area (Å²) < 4.78 is 5.51. The molecule has 0 fully saturated rings. The number of unbranched alkanes of at least 4 members (excludes halogenated alkanes) is 1. The molecule has 0 radical (unpaired) electrons. The van der Waals surface area contributed by atoms with E-state index in [1.54, 1.807) is 0 Å². The Morgan fingerprint density at radius 1 is 1.22 bits per heavy atom. The molecule has 2 nitrogen and oxygen atoms in total. The van der Waals surface area contributed by atoms with Crippen molar-refractivity contribution in [2.45, 2.75) is 59.0 Å². The number of allylic oxidation sites excluding steroid dienone is 1. The quantitative estimate of drug-likeness (QED) is 0.386. The SMILES string of the molecule is C=C(C)C#CC(CC(C)C)OC(=O)CCCCc1ccccc1. The first-order valence-electron chi connectivity index (χ1n) is 8.38. The first-order valence-corrected chi connectivity index (χ1v) is 8.38. The molecule has 0 N–H and O–H groups in total. The van der Waals surface area contributed by atoms with E-state index in [1.807, 2.05) is 25.1 Å². The largest absolute Gasteiger partial charge is 0.449 e. The third kappa shape index (κ3) is 9.58. The molecule has 124 valence electrons. The summed E-state index contributed by atoms with van der Waals surface area (Å²) in [6, 6.07) is 10.3. The summed E-state index contributed by atoms with van der Waals surface area (Å²) in [6.45, 7) is 9.81. The summed E-state index contributed by atoms with van der Waals surface area (Å²) in [7, 11) is 0. The number of benzene rings is 1. The number of rotatable bonds is 8. The molecule has 2 heteroatoms. The van der Waals surface area contributed by atoms with Crippen molar-refractivity contribution in [2.24, 2.45) is 5.92 Å². The Balaban J connectivity index is 2.34. The minimum absolute atomic E-state index is 0.153. The summed E-state index contributed by atoms with van der Waals surface area (Å²) in [5.41, 5.74) is 2.10. The van der Waals surface area contributed by atoms with Crippen molar-refractivity contribution in [2.75, 3.05) is 0 Å². The number of aryl methyl sites for hydroxylation is 1. The lowest BCUT2D eigenvalue weighted by Crippen LogP contribution is -2.18. The maximum absolute atomic E-state index is 12.0. The Bertz CT molecular complexity index is 546. The van der Waals surface area contributed by atoms with Crippen molar-refractivity contribution in [3.05, 3.63) is 48.0 Å². The molecule has 0 amide bonds. The molecule has 0 heterocycles. The molecule has 0 saturated heterocycles. The highest BCUT2D eigenvalue weighted by Gasteiger charge is 2.13. The van der Waals surface area contributed by atoms with Crippen LogP contribution in [-0.4, -0.2) is 12.1 Å². The van der Waals surface area contributed by atoms with Crippen LogP contribution in [-0.2, 0) is 16.0 Å². The fourth-order valence-electron chi connectivity index (χ4n) is 2.23. The molecule has 0 aliphatic heterocycles. The summed E-state index contributed by atoms with van der Waals surface area (Å²) in [6.07, 6.45) is 3.72. The first kappa shape index (κ1) is 19.0. The van der Waals surface area contributed by atoms with Gasteiger partial charge in [0.1, 0.15) is 0 Å². The zero-order chi connectivity index (χ0) is 17.1. The molecule has 0 bridgehead atoms. The summed E-state index contributed by atoms with van der Waals surface area (Å²) in [5, 5.41) is 0. The number of esters is 1. The number of hydrogen-bond donors (Lipinski definition) is 0. The number of carbonyl (C=O) groups is 1. The molecule has 0 aliphatic carbocycles. The van der Waals surface area contributed by atoms with Crippen LogP contribution in [0.3, 0.4) is 0 Å². The molecule has 0 aromatic heterocycles. The summed E-state index contributed by atoms with van der Waals surface area (Å²) in [5.74, 6) is 6.21. The topological polar surface area (TPSA) is 26.3 Å². The van der Waals surface area contributed by atoms with E-state index in [2.05, 4.69) is 44.4 Å². The molecule has 0 saturated carbocycles. The van der Waals surface area contributed by atoms with Crippen LogP contribution in [0.5, 0.6) is 0 Å². The monoisotopic (exact) mass is 312 g/mol. The smallest absolute Gasteiger partial charge is 0.307 e. The number of carbonyl (C=O) groups excluding carboxylic acids is 1. The lowest BCUT2D eigenvalue weighted by Gasteiger charge is -2.14. The van der Waals surface area contributed by atoms with E-state index in [9.17, 15) is 4.79 Å². The molecule has 0 aliphatic rings. The summed E-state index contributed by atoms with van der Waals surface area (Å²) in [4.78, 5) is 12.0. The van der Waals surface area contributed by atoms with Crippen LogP contribution in [0.15, 0.2) is 42.5 Å². The molecule has 1 rings (SSSR count). The normalized spacial score (nSPS) is 11.5. The van der Waals surface area contributed by atoms with E-state index in [0.29, 0.717) is 12.3 Å². The van der Waals surface area contributed by atoms with Crippen molar-refractivity contribution in [1.29, 1.82) is 0 Å². The van der Waals surface area contributed by atoms with Gasteiger partial charge in [0.15, 0.2) is 6.10 Å². The fraction of sp³-hybridized carbons (Fsp3) is 0.476. The van der Waals surface area contributed by atoms with Crippen LogP contribution in [0.2, 0.25) is 0 Å². The van der Waals surface area contributed by atoms with Gasteiger partial charge in [-0.15, -0.1) is 0 Å². The van der Waals surface area contributed by atoms with Crippen LogP contribution in [0.1, 0.15) is 52.0 Å². The lowest BCUT2D eigenvalue weighted by atomic mass is 10.1. The van der Waals surface area contributed by atoms with Gasteiger partial charge >= 0.3 is 5.97 Å². The van der Waals surface area contributed by atoms with Crippen molar-refractivity contribution in [3.8, 4) is 11.8 Å². The standard InChI is InChI=1S/C21H28O2/c1-17(2)14-15-20(16-18(3)4)23-21(22)13-9-8-12-19-10-6-5-7-11-19/h5-7,10-11,18,20H,1,8-9,12-13,16H2,2-4H3. The van der Waals surface area contributed by atoms with E-state index < -0.39 is 0 Å². The maximum Gasteiger partial charge on any atom is 0.307 e. The van der Waals surface area contributed by atoms with E-state index in [4.69, 9.17) is 4.74 Å². The Labute approximate surface area is 140 Å². The van der Waals surface area contributed by atoms with Gasteiger partial charge in [0.25, 0.3) is 0 Å². The van der Waals surface area contributed by atoms with Gasteiger partial charge in [-0.25, -0.2) is 0 Å². The van der Waals surface area contributed by atoms with Crippen LogP contribution >= 0.6 is 0 Å². The Kier molecular flexibility index (Phi) is 8.83. The van der Waals surface area contributed by atoms with Gasteiger partial charge in [0, 0.05) is 6.42 Å². The van der Waals surface area contributed by atoms with Crippen molar-refractivity contribution >= 4 is 5.97 Å². The molecule has 1 aromatic carbocycles. The fourth-order valence-corrected chi connectivity index (χ4v) is 2.23. The Morgan fingerprint density at radius 2 is 1.91 bits per heavy atom. The highest BCUT2D eigenvalue weighted by atomic mass is 16.5. The molecule has 23 heavy (non-hydrogen) atoms. The zero-order valence-corrected chi connectivity index (χ0v) is 14.6. The predicted octanol–water partition coefficient (Wildman–Crippen LogP) is 4.94. The van der Waals surface area contributed by atoms with E-state index >= 15 is 0 Å². The average Bonchev–Trinajstić information content (AvgIpc) is 2.50. The lowest BCUT2D eigenvalue weighted by molar-refractivity contribution is -0.147. The van der Waals surface area contributed by atoms with E-state index in [-0.39, 0.29) is 12.1 Å². The zero-order valence-electron chi connectivity index (χ0n) is 14.6. The van der Waals surface area contributed by atoms with Gasteiger partial charge in [-0.1, -0.05) is 62.6 Å². The molecule has 1 unspecified atom stereocenters. The van der Waals surface area contributed by atoms with E-state index in [0.717, 1.165) is 31.3 Å². The molecular weight excluding hydrogens is 284 g/mol. The van der Waals surface area contributed by atoms with Crippen LogP contribution in [0, 0.1) is 17.8 Å². The molecular formula is C21H28O2. The van der Waals surface area contributed by atoms with Crippen LogP contribution in [0.4, 0.5) is 0 Å². The van der Waals surface area contributed by atoms with Gasteiger partial charge in [-0.05, 0) is 49.7 Å². The molecule has 0 spiro atoms. The first-order chi connectivity index (χ1) is 11.0. The van der Waals surface area contributed by atoms with Crippen LogP contribution < -0.4 is 0 Å². The van der Waals surface area contributed by atoms with Crippen molar-refractivity contribution < 1.29 is 9.53 Å². The van der Waals surface area contributed by atoms with Gasteiger partial charge in [-0.2, -0.15) is 0 Å². The predicted molar refractivity (Wildman–Crippen MR) is 95.9 cm³/mol. The third-order valence-corrected chi connectivity index (χ3v) is 3.34. The second-order valence-electron chi connectivity index (χ2n) is 6.35. The second-order valence-corrected chi connectivity index (χ2v) is 6.35. The van der Waals surface area contributed by atoms with Gasteiger partial charge < -0.3 is 4.74 Å². The third-order valence-electron chi connectivity index (χ3n) is 3.34.